The van der Waals surface area contributed by atoms with Gasteiger partial charge in [0.1, 0.15) is 0 Å². The maximum absolute atomic E-state index is 5.43. The van der Waals surface area contributed by atoms with Crippen LogP contribution in [0.4, 0.5) is 0 Å². The van der Waals surface area contributed by atoms with Gasteiger partial charge >= 0.3 is 0 Å². The van der Waals surface area contributed by atoms with Crippen LogP contribution in [0.3, 0.4) is 0 Å². The van der Waals surface area contributed by atoms with Crippen molar-refractivity contribution in [2.75, 3.05) is 20.8 Å². The van der Waals surface area contributed by atoms with E-state index >= 15 is 0 Å². The van der Waals surface area contributed by atoms with E-state index in [4.69, 9.17) is 9.47 Å². The summed E-state index contributed by atoms with van der Waals surface area (Å²) in [6.45, 7) is 5.80. The van der Waals surface area contributed by atoms with Gasteiger partial charge in [0.25, 0.3) is 0 Å². The number of methoxy groups -OCH3 is 2. The molecule has 0 amide bonds. The first-order valence-electron chi connectivity index (χ1n) is 7.06. The molecule has 1 aromatic heterocycles. The van der Waals surface area contributed by atoms with Crippen molar-refractivity contribution in [3.05, 3.63) is 29.6 Å². The van der Waals surface area contributed by atoms with Gasteiger partial charge in [-0.1, -0.05) is 6.92 Å². The predicted octanol–water partition coefficient (Wildman–Crippen LogP) is 2.52. The molecule has 0 spiro atoms. The first-order chi connectivity index (χ1) is 10.1. The fourth-order valence-electron chi connectivity index (χ4n) is 2.44. The van der Waals surface area contributed by atoms with Crippen molar-refractivity contribution in [3.63, 3.8) is 0 Å². The lowest BCUT2D eigenvalue weighted by Crippen LogP contribution is -2.13. The Labute approximate surface area is 125 Å². The molecule has 0 aliphatic rings. The number of ether oxygens (including phenoxy) is 2. The van der Waals surface area contributed by atoms with E-state index in [1.807, 2.05) is 37.0 Å². The molecule has 5 nitrogen and oxygen atoms in total. The molecule has 0 bridgehead atoms. The molecule has 21 heavy (non-hydrogen) atoms. The lowest BCUT2D eigenvalue weighted by Gasteiger charge is -2.15. The molecule has 0 aliphatic heterocycles. The Kier molecular flexibility index (Phi) is 4.85. The number of hydrogen-bond acceptors (Lipinski definition) is 4. The molecular formula is C16H23N3O2. The van der Waals surface area contributed by atoms with E-state index in [1.165, 1.54) is 5.56 Å². The second-order valence-corrected chi connectivity index (χ2v) is 4.95. The number of rotatable bonds is 6. The van der Waals surface area contributed by atoms with Gasteiger partial charge in [0.15, 0.2) is 11.5 Å². The zero-order valence-electron chi connectivity index (χ0n) is 13.4. The van der Waals surface area contributed by atoms with Crippen molar-refractivity contribution in [2.24, 2.45) is 7.05 Å². The summed E-state index contributed by atoms with van der Waals surface area (Å²) in [6.07, 6.45) is 2.03. The van der Waals surface area contributed by atoms with Crippen LogP contribution in [0.1, 0.15) is 18.2 Å². The highest BCUT2D eigenvalue weighted by molar-refractivity contribution is 5.72. The lowest BCUT2D eigenvalue weighted by atomic mass is 9.99. The lowest BCUT2D eigenvalue weighted by molar-refractivity contribution is 0.354. The van der Waals surface area contributed by atoms with Crippen molar-refractivity contribution in [3.8, 4) is 22.6 Å². The summed E-state index contributed by atoms with van der Waals surface area (Å²) in [6, 6.07) is 4.05. The molecule has 5 heteroatoms. The minimum Gasteiger partial charge on any atom is -0.493 e. The maximum atomic E-state index is 5.43. The molecule has 1 N–H and O–H groups in total. The first-order valence-corrected chi connectivity index (χ1v) is 7.06. The topological polar surface area (TPSA) is 48.3 Å². The highest BCUT2D eigenvalue weighted by Crippen LogP contribution is 2.36. The van der Waals surface area contributed by atoms with E-state index in [0.29, 0.717) is 0 Å². The van der Waals surface area contributed by atoms with Crippen LogP contribution in [0, 0.1) is 6.92 Å². The summed E-state index contributed by atoms with van der Waals surface area (Å²) in [7, 11) is 5.24. The Morgan fingerprint density at radius 1 is 1.14 bits per heavy atom. The Morgan fingerprint density at radius 2 is 1.81 bits per heavy atom. The summed E-state index contributed by atoms with van der Waals surface area (Å²) in [5, 5.41) is 7.80. The van der Waals surface area contributed by atoms with Gasteiger partial charge in [-0.05, 0) is 36.7 Å². The average molecular weight is 289 g/mol. The summed E-state index contributed by atoms with van der Waals surface area (Å²) in [5.41, 5.74) is 4.42. The van der Waals surface area contributed by atoms with Gasteiger partial charge in [0.05, 0.1) is 19.9 Å². The quantitative estimate of drug-likeness (QED) is 0.887. The molecule has 0 aliphatic carbocycles. The summed E-state index contributed by atoms with van der Waals surface area (Å²) in [4.78, 5) is 0. The van der Waals surface area contributed by atoms with Crippen LogP contribution in [0.25, 0.3) is 11.1 Å². The van der Waals surface area contributed by atoms with Gasteiger partial charge in [-0.25, -0.2) is 0 Å². The van der Waals surface area contributed by atoms with Crippen LogP contribution < -0.4 is 14.8 Å². The molecule has 2 aromatic rings. The van der Waals surface area contributed by atoms with Gasteiger partial charge in [-0.2, -0.15) is 5.10 Å². The second kappa shape index (κ2) is 6.63. The minimum atomic E-state index is 0.732. The number of aryl methyl sites for hydroxylation is 2. The summed E-state index contributed by atoms with van der Waals surface area (Å²) < 4.78 is 12.7. The number of nitrogens with zero attached hydrogens (tertiary/aromatic N) is 2. The van der Waals surface area contributed by atoms with Gasteiger partial charge in [0.2, 0.25) is 0 Å². The average Bonchev–Trinajstić information content (AvgIpc) is 2.82. The number of aromatic nitrogens is 2. The summed E-state index contributed by atoms with van der Waals surface area (Å²) in [5.74, 6) is 1.48. The first kappa shape index (κ1) is 15.4. The van der Waals surface area contributed by atoms with E-state index < -0.39 is 0 Å². The van der Waals surface area contributed by atoms with Crippen LogP contribution in [-0.2, 0) is 13.6 Å². The monoisotopic (exact) mass is 289 g/mol. The molecular weight excluding hydrogens is 266 g/mol. The molecule has 1 heterocycles. The van der Waals surface area contributed by atoms with Crippen molar-refractivity contribution in [2.45, 2.75) is 20.4 Å². The third-order valence-electron chi connectivity index (χ3n) is 3.48. The fraction of sp³-hybridized carbons (Fsp3) is 0.438. The van der Waals surface area contributed by atoms with Crippen LogP contribution >= 0.6 is 0 Å². The normalized spacial score (nSPS) is 10.7. The Bertz CT molecular complexity index is 620. The van der Waals surface area contributed by atoms with E-state index in [9.17, 15) is 0 Å². The molecule has 0 atom stereocenters. The van der Waals surface area contributed by atoms with Crippen LogP contribution in [0.15, 0.2) is 18.3 Å². The molecule has 0 fully saturated rings. The Balaban J connectivity index is 2.57. The van der Waals surface area contributed by atoms with Crippen molar-refractivity contribution in [1.29, 1.82) is 0 Å². The summed E-state index contributed by atoms with van der Waals surface area (Å²) >= 11 is 0. The second-order valence-electron chi connectivity index (χ2n) is 4.95. The van der Waals surface area contributed by atoms with E-state index in [0.717, 1.165) is 41.4 Å². The van der Waals surface area contributed by atoms with E-state index in [-0.39, 0.29) is 0 Å². The number of benzene rings is 1. The minimum absolute atomic E-state index is 0.732. The molecule has 0 radical (unpaired) electrons. The standard InChI is InChI=1S/C16H23N3O2/c1-6-17-9-12-7-15(20-4)16(21-5)8-13(12)14-10-19(3)18-11(14)2/h7-8,10,17H,6,9H2,1-5H3. The van der Waals surface area contributed by atoms with E-state index in [2.05, 4.69) is 17.3 Å². The zero-order chi connectivity index (χ0) is 15.4. The third-order valence-corrected chi connectivity index (χ3v) is 3.48. The fourth-order valence-corrected chi connectivity index (χ4v) is 2.44. The van der Waals surface area contributed by atoms with Crippen molar-refractivity contribution < 1.29 is 9.47 Å². The highest BCUT2D eigenvalue weighted by atomic mass is 16.5. The van der Waals surface area contributed by atoms with Crippen LogP contribution in [0.5, 0.6) is 11.5 Å². The largest absolute Gasteiger partial charge is 0.493 e. The van der Waals surface area contributed by atoms with Gasteiger partial charge < -0.3 is 14.8 Å². The van der Waals surface area contributed by atoms with Gasteiger partial charge in [-0.15, -0.1) is 0 Å². The Morgan fingerprint density at radius 3 is 2.33 bits per heavy atom. The van der Waals surface area contributed by atoms with Crippen molar-refractivity contribution in [1.82, 2.24) is 15.1 Å². The number of hydrogen-bond donors (Lipinski definition) is 1. The van der Waals surface area contributed by atoms with Crippen LogP contribution in [-0.4, -0.2) is 30.5 Å². The molecule has 114 valence electrons. The van der Waals surface area contributed by atoms with Crippen molar-refractivity contribution >= 4 is 0 Å². The molecule has 0 saturated heterocycles. The predicted molar refractivity (Wildman–Crippen MR) is 83.9 cm³/mol. The third kappa shape index (κ3) is 3.19. The van der Waals surface area contributed by atoms with Crippen LogP contribution in [0.2, 0.25) is 0 Å². The van der Waals surface area contributed by atoms with E-state index in [1.54, 1.807) is 14.2 Å². The SMILES string of the molecule is CCNCc1cc(OC)c(OC)cc1-c1cn(C)nc1C. The molecule has 0 unspecified atom stereocenters. The Hall–Kier alpha value is -2.01. The highest BCUT2D eigenvalue weighted by Gasteiger charge is 2.15. The molecule has 1 aromatic carbocycles. The number of nitrogens with one attached hydrogen (secondary N) is 1. The molecule has 2 rings (SSSR count). The maximum Gasteiger partial charge on any atom is 0.161 e. The van der Waals surface area contributed by atoms with Gasteiger partial charge in [0, 0.05) is 25.4 Å². The zero-order valence-corrected chi connectivity index (χ0v) is 13.4. The smallest absolute Gasteiger partial charge is 0.161 e. The van der Waals surface area contributed by atoms with Gasteiger partial charge in [-0.3, -0.25) is 4.68 Å². The molecule has 0 saturated carbocycles.